The van der Waals surface area contributed by atoms with Crippen LogP contribution in [0.25, 0.3) is 0 Å². The SMILES string of the molecule is COCOCc1ccccc1C(=O)OI. The summed E-state index contributed by atoms with van der Waals surface area (Å²) >= 11 is 1.56. The maximum absolute atomic E-state index is 11.4. The van der Waals surface area contributed by atoms with Crippen LogP contribution in [0.5, 0.6) is 0 Å². The van der Waals surface area contributed by atoms with Crippen molar-refractivity contribution in [3.8, 4) is 0 Å². The van der Waals surface area contributed by atoms with Gasteiger partial charge in [0.05, 0.1) is 12.2 Å². The van der Waals surface area contributed by atoms with Crippen molar-refractivity contribution >= 4 is 29.0 Å². The van der Waals surface area contributed by atoms with E-state index in [2.05, 4.69) is 3.07 Å². The van der Waals surface area contributed by atoms with Gasteiger partial charge in [-0.15, -0.1) is 0 Å². The minimum atomic E-state index is -0.368. The van der Waals surface area contributed by atoms with Crippen LogP contribution in [0, 0.1) is 0 Å². The number of carbonyl (C=O) groups excluding carboxylic acids is 1. The zero-order valence-electron chi connectivity index (χ0n) is 8.23. The Labute approximate surface area is 102 Å². The maximum atomic E-state index is 11.4. The second kappa shape index (κ2) is 6.76. The molecule has 1 aromatic rings. The number of hydrogen-bond donors (Lipinski definition) is 0. The van der Waals surface area contributed by atoms with Crippen molar-refractivity contribution < 1.29 is 17.3 Å². The Kier molecular flexibility index (Phi) is 5.59. The Morgan fingerprint density at radius 2 is 2.13 bits per heavy atom. The lowest BCUT2D eigenvalue weighted by Gasteiger charge is -2.06. The highest BCUT2D eigenvalue weighted by molar-refractivity contribution is 14.1. The fraction of sp³-hybridized carbons (Fsp3) is 0.300. The number of methoxy groups -OCH3 is 1. The van der Waals surface area contributed by atoms with Crippen LogP contribution in [0.1, 0.15) is 15.9 Å². The number of rotatable bonds is 5. The third kappa shape index (κ3) is 3.77. The lowest BCUT2D eigenvalue weighted by Crippen LogP contribution is -2.05. The second-order valence-corrected chi connectivity index (χ2v) is 3.22. The van der Waals surface area contributed by atoms with E-state index in [-0.39, 0.29) is 12.8 Å². The topological polar surface area (TPSA) is 44.8 Å². The van der Waals surface area contributed by atoms with E-state index in [0.29, 0.717) is 12.2 Å². The standard InChI is InChI=1S/C10H11IO4/c1-13-7-14-6-8-4-2-3-5-9(8)10(12)15-11/h2-5H,6-7H2,1H3. The number of carbonyl (C=O) groups is 1. The van der Waals surface area contributed by atoms with Crippen LogP contribution in [-0.4, -0.2) is 19.9 Å². The quantitative estimate of drug-likeness (QED) is 0.474. The van der Waals surface area contributed by atoms with Crippen LogP contribution in [0.2, 0.25) is 0 Å². The summed E-state index contributed by atoms with van der Waals surface area (Å²) in [6, 6.07) is 7.14. The molecule has 0 amide bonds. The molecule has 1 aromatic carbocycles. The minimum Gasteiger partial charge on any atom is -0.391 e. The molecule has 0 aromatic heterocycles. The molecule has 0 bridgehead atoms. The van der Waals surface area contributed by atoms with Gasteiger partial charge in [0.2, 0.25) is 0 Å². The van der Waals surface area contributed by atoms with Crippen LogP contribution in [0.3, 0.4) is 0 Å². The monoisotopic (exact) mass is 322 g/mol. The van der Waals surface area contributed by atoms with E-state index in [9.17, 15) is 4.79 Å². The second-order valence-electron chi connectivity index (χ2n) is 2.78. The first-order chi connectivity index (χ1) is 7.29. The summed E-state index contributed by atoms with van der Waals surface area (Å²) in [5.74, 6) is -0.368. The van der Waals surface area contributed by atoms with Crippen molar-refractivity contribution in [2.45, 2.75) is 6.61 Å². The van der Waals surface area contributed by atoms with E-state index in [1.807, 2.05) is 12.1 Å². The van der Waals surface area contributed by atoms with Crippen LogP contribution in [0.4, 0.5) is 0 Å². The fourth-order valence-corrected chi connectivity index (χ4v) is 1.36. The first-order valence-corrected chi connectivity index (χ1v) is 5.15. The summed E-state index contributed by atoms with van der Waals surface area (Å²) in [6.45, 7) is 0.531. The average molecular weight is 322 g/mol. The Bertz CT molecular complexity index is 327. The van der Waals surface area contributed by atoms with E-state index in [1.165, 1.54) is 0 Å². The van der Waals surface area contributed by atoms with Gasteiger partial charge in [-0.05, 0) is 11.6 Å². The highest BCUT2D eigenvalue weighted by Crippen LogP contribution is 2.12. The molecule has 0 aliphatic heterocycles. The van der Waals surface area contributed by atoms with Crippen LogP contribution >= 0.6 is 23.0 Å². The molecule has 0 spiro atoms. The van der Waals surface area contributed by atoms with Gasteiger partial charge in [0.25, 0.3) is 0 Å². The number of halogens is 1. The molecule has 0 radical (unpaired) electrons. The number of hydrogen-bond acceptors (Lipinski definition) is 4. The lowest BCUT2D eigenvalue weighted by molar-refractivity contribution is -0.0392. The fourth-order valence-electron chi connectivity index (χ4n) is 1.12. The van der Waals surface area contributed by atoms with E-state index < -0.39 is 0 Å². The molecule has 15 heavy (non-hydrogen) atoms. The molecule has 5 heteroatoms. The highest BCUT2D eigenvalue weighted by atomic mass is 127. The van der Waals surface area contributed by atoms with Crippen LogP contribution < -0.4 is 0 Å². The molecule has 4 nitrogen and oxygen atoms in total. The van der Waals surface area contributed by atoms with Gasteiger partial charge >= 0.3 is 5.97 Å². The van der Waals surface area contributed by atoms with Crippen molar-refractivity contribution in [3.05, 3.63) is 35.4 Å². The normalized spacial score (nSPS) is 10.0. The summed E-state index contributed by atoms with van der Waals surface area (Å²) in [7, 11) is 1.55. The molecule has 0 aliphatic rings. The highest BCUT2D eigenvalue weighted by Gasteiger charge is 2.11. The summed E-state index contributed by atoms with van der Waals surface area (Å²) in [5, 5.41) is 0. The zero-order chi connectivity index (χ0) is 11.1. The molecule has 0 saturated carbocycles. The van der Waals surface area contributed by atoms with E-state index in [0.717, 1.165) is 5.56 Å². The molecule has 0 unspecified atom stereocenters. The molecular weight excluding hydrogens is 311 g/mol. The van der Waals surface area contributed by atoms with Crippen molar-refractivity contribution in [2.24, 2.45) is 0 Å². The predicted molar refractivity (Wildman–Crippen MR) is 62.5 cm³/mol. The summed E-state index contributed by atoms with van der Waals surface area (Å²) in [4.78, 5) is 11.4. The maximum Gasteiger partial charge on any atom is 0.347 e. The number of benzene rings is 1. The van der Waals surface area contributed by atoms with Gasteiger partial charge in [0.15, 0.2) is 23.0 Å². The van der Waals surface area contributed by atoms with Crippen LogP contribution in [0.15, 0.2) is 24.3 Å². The number of ether oxygens (including phenoxy) is 2. The molecular formula is C10H11IO4. The summed E-state index contributed by atoms with van der Waals surface area (Å²) in [5.41, 5.74) is 1.30. The van der Waals surface area contributed by atoms with Crippen molar-refractivity contribution in [1.82, 2.24) is 0 Å². The average Bonchev–Trinajstić information content (AvgIpc) is 2.29. The largest absolute Gasteiger partial charge is 0.391 e. The lowest BCUT2D eigenvalue weighted by atomic mass is 10.1. The van der Waals surface area contributed by atoms with E-state index >= 15 is 0 Å². The van der Waals surface area contributed by atoms with Gasteiger partial charge in [-0.1, -0.05) is 18.2 Å². The molecule has 0 fully saturated rings. The molecule has 0 aliphatic carbocycles. The van der Waals surface area contributed by atoms with Crippen molar-refractivity contribution in [2.75, 3.05) is 13.9 Å². The molecule has 82 valence electrons. The summed E-state index contributed by atoms with van der Waals surface area (Å²) in [6.07, 6.45) is 0. The molecule has 0 saturated heterocycles. The molecule has 0 N–H and O–H groups in total. The molecule has 1 rings (SSSR count). The van der Waals surface area contributed by atoms with Gasteiger partial charge in [0.1, 0.15) is 6.79 Å². The Balaban J connectivity index is 2.73. The minimum absolute atomic E-state index is 0.202. The van der Waals surface area contributed by atoms with Crippen molar-refractivity contribution in [1.29, 1.82) is 0 Å². The molecule has 0 heterocycles. The third-order valence-electron chi connectivity index (χ3n) is 1.77. The van der Waals surface area contributed by atoms with Gasteiger partial charge in [0, 0.05) is 7.11 Å². The first kappa shape index (κ1) is 12.4. The summed E-state index contributed by atoms with van der Waals surface area (Å²) < 4.78 is 14.5. The predicted octanol–water partition coefficient (Wildman–Crippen LogP) is 2.31. The van der Waals surface area contributed by atoms with Crippen LogP contribution in [-0.2, 0) is 19.1 Å². The van der Waals surface area contributed by atoms with E-state index in [1.54, 1.807) is 42.2 Å². The van der Waals surface area contributed by atoms with Gasteiger partial charge in [-0.25, -0.2) is 4.79 Å². The van der Waals surface area contributed by atoms with Gasteiger partial charge in [-0.2, -0.15) is 0 Å². The Morgan fingerprint density at radius 3 is 2.80 bits per heavy atom. The van der Waals surface area contributed by atoms with E-state index in [4.69, 9.17) is 9.47 Å². The third-order valence-corrected chi connectivity index (χ3v) is 2.17. The van der Waals surface area contributed by atoms with Gasteiger partial charge < -0.3 is 12.5 Å². The Morgan fingerprint density at radius 1 is 1.40 bits per heavy atom. The van der Waals surface area contributed by atoms with Gasteiger partial charge in [-0.3, -0.25) is 0 Å². The zero-order valence-corrected chi connectivity index (χ0v) is 10.4. The van der Waals surface area contributed by atoms with Crippen molar-refractivity contribution in [3.63, 3.8) is 0 Å². The first-order valence-electron chi connectivity index (χ1n) is 4.27. The Hall–Kier alpha value is -0.660. The molecule has 0 atom stereocenters. The smallest absolute Gasteiger partial charge is 0.347 e.